The van der Waals surface area contributed by atoms with Gasteiger partial charge in [-0.2, -0.15) is 0 Å². The molecule has 0 saturated carbocycles. The van der Waals surface area contributed by atoms with E-state index < -0.39 is 0 Å². The molecule has 0 spiro atoms. The highest BCUT2D eigenvalue weighted by Crippen LogP contribution is 2.51. The molecule has 3 aromatic rings. The van der Waals surface area contributed by atoms with Crippen LogP contribution >= 0.6 is 0 Å². The number of methoxy groups -OCH3 is 1. The molecule has 0 bridgehead atoms. The Balaban J connectivity index is 1.39. The maximum Gasteiger partial charge on any atom is 0.223 e. The summed E-state index contributed by atoms with van der Waals surface area (Å²) in [4.78, 5) is 17.2. The van der Waals surface area contributed by atoms with Crippen LogP contribution in [-0.2, 0) is 11.2 Å². The molecule has 2 aromatic carbocycles. The lowest BCUT2D eigenvalue weighted by molar-refractivity contribution is -0.130. The minimum Gasteiger partial charge on any atom is -0.497 e. The molecule has 3 aliphatic rings. The number of carbonyl (C=O) groups is 1. The summed E-state index contributed by atoms with van der Waals surface area (Å²) in [6.45, 7) is 1.85. The van der Waals surface area contributed by atoms with Gasteiger partial charge in [0, 0.05) is 30.8 Å². The van der Waals surface area contributed by atoms with E-state index >= 15 is 0 Å². The van der Waals surface area contributed by atoms with Crippen LogP contribution in [-0.4, -0.2) is 31.0 Å². The molecule has 5 heteroatoms. The van der Waals surface area contributed by atoms with Crippen molar-refractivity contribution in [3.63, 3.8) is 0 Å². The normalized spacial score (nSPS) is 22.2. The fraction of sp³-hybridized carbons (Fsp3) is 0.346. The van der Waals surface area contributed by atoms with Crippen LogP contribution in [0.2, 0.25) is 0 Å². The molecule has 2 atom stereocenters. The number of hydrogen-bond donors (Lipinski definition) is 0. The number of furan rings is 1. The minimum atomic E-state index is 0.120. The Morgan fingerprint density at radius 2 is 1.87 bits per heavy atom. The molecule has 1 amide bonds. The lowest BCUT2D eigenvalue weighted by atomic mass is 9.89. The molecule has 4 heterocycles. The Hall–Kier alpha value is -3.21. The highest BCUT2D eigenvalue weighted by molar-refractivity contribution is 5.80. The van der Waals surface area contributed by atoms with Crippen molar-refractivity contribution in [2.45, 2.75) is 37.8 Å². The average Bonchev–Trinajstić information content (AvgIpc) is 3.55. The first kappa shape index (κ1) is 18.6. The number of nitrogens with zero attached hydrogens (tertiary/aromatic N) is 2. The number of anilines is 1. The van der Waals surface area contributed by atoms with Gasteiger partial charge in [0.2, 0.25) is 5.91 Å². The zero-order chi connectivity index (χ0) is 20.9. The standard InChI is InChI=1S/C26H26N2O3/c1-30-19-7-2-6-18(15-19)23-10-11-24(31-23)22-16-21(27-13-4-9-25(27)29)20-8-3-5-17-12-14-28(22)26(17)20/h2-3,5-8,10-11,15,21-22H,4,9,12-14,16H2,1H3. The van der Waals surface area contributed by atoms with E-state index in [0.717, 1.165) is 55.2 Å². The van der Waals surface area contributed by atoms with Gasteiger partial charge in [0.05, 0.1) is 19.2 Å². The number of ether oxygens (including phenoxy) is 1. The van der Waals surface area contributed by atoms with Gasteiger partial charge in [-0.05, 0) is 54.7 Å². The molecule has 2 unspecified atom stereocenters. The number of benzene rings is 2. The van der Waals surface area contributed by atoms with Crippen LogP contribution in [0.5, 0.6) is 5.75 Å². The zero-order valence-electron chi connectivity index (χ0n) is 17.7. The van der Waals surface area contributed by atoms with Gasteiger partial charge in [-0.1, -0.05) is 30.3 Å². The van der Waals surface area contributed by atoms with Crippen molar-refractivity contribution < 1.29 is 13.9 Å². The molecule has 6 rings (SSSR count). The molecule has 3 aliphatic heterocycles. The van der Waals surface area contributed by atoms with E-state index in [1.54, 1.807) is 7.11 Å². The molecule has 5 nitrogen and oxygen atoms in total. The van der Waals surface area contributed by atoms with Crippen molar-refractivity contribution in [3.05, 3.63) is 71.5 Å². The summed E-state index contributed by atoms with van der Waals surface area (Å²) in [5.41, 5.74) is 5.03. The average molecular weight is 415 g/mol. The van der Waals surface area contributed by atoms with Crippen molar-refractivity contribution >= 4 is 11.6 Å². The van der Waals surface area contributed by atoms with Crippen LogP contribution in [0.1, 0.15) is 48.2 Å². The zero-order valence-corrected chi connectivity index (χ0v) is 17.7. The number of amides is 1. The van der Waals surface area contributed by atoms with Crippen molar-refractivity contribution in [1.82, 2.24) is 4.90 Å². The Morgan fingerprint density at radius 3 is 2.71 bits per heavy atom. The summed E-state index contributed by atoms with van der Waals surface area (Å²) in [5.74, 6) is 2.92. The van der Waals surface area contributed by atoms with Crippen LogP contribution in [0.15, 0.2) is 59.0 Å². The van der Waals surface area contributed by atoms with Gasteiger partial charge in [-0.25, -0.2) is 0 Å². The summed E-state index contributed by atoms with van der Waals surface area (Å²) in [6, 6.07) is 19.0. The number of carbonyl (C=O) groups excluding carboxylic acids is 1. The summed E-state index contributed by atoms with van der Waals surface area (Å²) in [5, 5.41) is 0. The van der Waals surface area contributed by atoms with Gasteiger partial charge in [-0.15, -0.1) is 0 Å². The smallest absolute Gasteiger partial charge is 0.223 e. The van der Waals surface area contributed by atoms with Crippen molar-refractivity contribution in [2.75, 3.05) is 25.1 Å². The number of rotatable bonds is 4. The van der Waals surface area contributed by atoms with Gasteiger partial charge in [0.15, 0.2) is 0 Å². The van der Waals surface area contributed by atoms with Gasteiger partial charge in [-0.3, -0.25) is 4.79 Å². The highest BCUT2D eigenvalue weighted by Gasteiger charge is 2.42. The number of likely N-dealkylation sites (tertiary alicyclic amines) is 1. The predicted molar refractivity (Wildman–Crippen MR) is 119 cm³/mol. The molecular formula is C26H26N2O3. The van der Waals surface area contributed by atoms with Crippen LogP contribution in [0.3, 0.4) is 0 Å². The first-order valence-corrected chi connectivity index (χ1v) is 11.1. The predicted octanol–water partition coefficient (Wildman–Crippen LogP) is 5.13. The third-order valence-electron chi connectivity index (χ3n) is 7.04. The largest absolute Gasteiger partial charge is 0.497 e. The topological polar surface area (TPSA) is 45.9 Å². The molecule has 0 aliphatic carbocycles. The first-order chi connectivity index (χ1) is 15.2. The van der Waals surface area contributed by atoms with Crippen LogP contribution in [0.4, 0.5) is 5.69 Å². The van der Waals surface area contributed by atoms with Crippen molar-refractivity contribution in [1.29, 1.82) is 0 Å². The second kappa shape index (κ2) is 7.19. The highest BCUT2D eigenvalue weighted by atomic mass is 16.5. The molecule has 0 N–H and O–H groups in total. The quantitative estimate of drug-likeness (QED) is 0.594. The number of para-hydroxylation sites is 1. The summed E-state index contributed by atoms with van der Waals surface area (Å²) >= 11 is 0. The fourth-order valence-corrected chi connectivity index (χ4v) is 5.59. The third kappa shape index (κ3) is 2.94. The van der Waals surface area contributed by atoms with Gasteiger partial charge in [0.1, 0.15) is 17.3 Å². The van der Waals surface area contributed by atoms with Crippen LogP contribution < -0.4 is 9.64 Å². The Morgan fingerprint density at radius 1 is 0.968 bits per heavy atom. The molecular weight excluding hydrogens is 388 g/mol. The molecule has 31 heavy (non-hydrogen) atoms. The van der Waals surface area contributed by atoms with Gasteiger partial charge < -0.3 is 19.0 Å². The van der Waals surface area contributed by atoms with E-state index in [1.165, 1.54) is 16.8 Å². The Labute approximate surface area is 182 Å². The van der Waals surface area contributed by atoms with E-state index in [2.05, 4.69) is 40.1 Å². The third-order valence-corrected chi connectivity index (χ3v) is 7.04. The van der Waals surface area contributed by atoms with Crippen LogP contribution in [0, 0.1) is 0 Å². The number of hydrogen-bond acceptors (Lipinski definition) is 4. The van der Waals surface area contributed by atoms with E-state index in [9.17, 15) is 4.79 Å². The fourth-order valence-electron chi connectivity index (χ4n) is 5.59. The van der Waals surface area contributed by atoms with E-state index in [0.29, 0.717) is 6.42 Å². The summed E-state index contributed by atoms with van der Waals surface area (Å²) in [7, 11) is 1.68. The lowest BCUT2D eigenvalue weighted by Gasteiger charge is -2.42. The van der Waals surface area contributed by atoms with Crippen molar-refractivity contribution in [3.8, 4) is 17.1 Å². The van der Waals surface area contributed by atoms with E-state index in [4.69, 9.17) is 9.15 Å². The van der Waals surface area contributed by atoms with Gasteiger partial charge in [0.25, 0.3) is 0 Å². The minimum absolute atomic E-state index is 0.120. The Bertz CT molecular complexity index is 1150. The Kier molecular flexibility index (Phi) is 4.30. The van der Waals surface area contributed by atoms with Crippen molar-refractivity contribution in [2.24, 2.45) is 0 Å². The first-order valence-electron chi connectivity index (χ1n) is 11.1. The monoisotopic (exact) mass is 414 g/mol. The van der Waals surface area contributed by atoms with E-state index in [1.807, 2.05) is 24.3 Å². The summed E-state index contributed by atoms with van der Waals surface area (Å²) < 4.78 is 11.8. The molecule has 1 saturated heterocycles. The van der Waals surface area contributed by atoms with E-state index in [-0.39, 0.29) is 18.0 Å². The van der Waals surface area contributed by atoms with Gasteiger partial charge >= 0.3 is 0 Å². The molecule has 1 aromatic heterocycles. The second-order valence-electron chi connectivity index (χ2n) is 8.69. The lowest BCUT2D eigenvalue weighted by Crippen LogP contribution is -2.39. The van der Waals surface area contributed by atoms with Crippen LogP contribution in [0.25, 0.3) is 11.3 Å². The SMILES string of the molecule is COc1cccc(-c2ccc(C3CC(N4CCCC4=O)c4cccc5c4N3CC5)o2)c1. The molecule has 1 fully saturated rings. The maximum atomic E-state index is 12.6. The summed E-state index contributed by atoms with van der Waals surface area (Å²) in [6.07, 6.45) is 3.54. The second-order valence-corrected chi connectivity index (χ2v) is 8.69. The molecule has 0 radical (unpaired) electrons. The molecule has 158 valence electrons. The maximum absolute atomic E-state index is 12.6.